The zero-order chi connectivity index (χ0) is 8.39. The van der Waals surface area contributed by atoms with Crippen LogP contribution < -0.4 is 0 Å². The molecule has 0 radical (unpaired) electrons. The van der Waals surface area contributed by atoms with Crippen molar-refractivity contribution in [1.82, 2.24) is 4.90 Å². The maximum absolute atomic E-state index is 11.2. The van der Waals surface area contributed by atoms with E-state index in [1.165, 1.54) is 12.3 Å². The third-order valence-corrected chi connectivity index (χ3v) is 2.06. The summed E-state index contributed by atoms with van der Waals surface area (Å²) in [5.41, 5.74) is 0. The molecule has 4 heteroatoms. The number of hydrogen-bond acceptors (Lipinski definition) is 4. The Kier molecular flexibility index (Phi) is 2.10. The summed E-state index contributed by atoms with van der Waals surface area (Å²) in [5, 5.41) is 0. The molecule has 2 rings (SSSR count). The number of rotatable bonds is 1. The van der Waals surface area contributed by atoms with Crippen LogP contribution in [-0.4, -0.2) is 43.2 Å². The van der Waals surface area contributed by atoms with Crippen molar-refractivity contribution in [3.05, 3.63) is 12.3 Å². The average Bonchev–Trinajstić information content (AvgIpc) is 2.53. The SMILES string of the molecule is O=C1C=COC1N1CCOCC1. The Labute approximate surface area is 70.7 Å². The average molecular weight is 169 g/mol. The fraction of sp³-hybridized carbons (Fsp3) is 0.625. The van der Waals surface area contributed by atoms with Crippen molar-refractivity contribution in [2.75, 3.05) is 26.3 Å². The van der Waals surface area contributed by atoms with Crippen molar-refractivity contribution in [2.45, 2.75) is 6.23 Å². The molecule has 0 N–H and O–H groups in total. The van der Waals surface area contributed by atoms with Gasteiger partial charge in [-0.15, -0.1) is 0 Å². The predicted octanol–water partition coefficient (Wildman–Crippen LogP) is -0.242. The van der Waals surface area contributed by atoms with Gasteiger partial charge in [-0.2, -0.15) is 0 Å². The molecule has 1 fully saturated rings. The molecule has 1 saturated heterocycles. The lowest BCUT2D eigenvalue weighted by atomic mass is 10.3. The molecule has 0 aromatic rings. The fourth-order valence-corrected chi connectivity index (χ4v) is 1.41. The highest BCUT2D eigenvalue weighted by atomic mass is 16.5. The van der Waals surface area contributed by atoms with E-state index >= 15 is 0 Å². The topological polar surface area (TPSA) is 38.8 Å². The van der Waals surface area contributed by atoms with Gasteiger partial charge in [-0.3, -0.25) is 9.69 Å². The zero-order valence-corrected chi connectivity index (χ0v) is 6.73. The standard InChI is InChI=1S/C8H11NO3/c10-7-1-4-12-8(7)9-2-5-11-6-3-9/h1,4,8H,2-3,5-6H2. The monoisotopic (exact) mass is 169 g/mol. The van der Waals surface area contributed by atoms with Gasteiger partial charge in [-0.05, 0) is 0 Å². The minimum absolute atomic E-state index is 0.0388. The maximum atomic E-state index is 11.2. The molecule has 0 bridgehead atoms. The Balaban J connectivity index is 1.95. The first-order chi connectivity index (χ1) is 5.88. The number of carbonyl (C=O) groups is 1. The molecule has 0 spiro atoms. The molecule has 4 nitrogen and oxygen atoms in total. The zero-order valence-electron chi connectivity index (χ0n) is 6.73. The summed E-state index contributed by atoms with van der Waals surface area (Å²) in [6.07, 6.45) is 2.55. The Hall–Kier alpha value is -0.870. The maximum Gasteiger partial charge on any atom is 0.215 e. The van der Waals surface area contributed by atoms with E-state index in [2.05, 4.69) is 0 Å². The van der Waals surface area contributed by atoms with Crippen LogP contribution in [0, 0.1) is 0 Å². The number of nitrogens with zero attached hydrogens (tertiary/aromatic N) is 1. The Morgan fingerprint density at radius 3 is 2.75 bits per heavy atom. The lowest BCUT2D eigenvalue weighted by Crippen LogP contribution is -2.46. The summed E-state index contributed by atoms with van der Waals surface area (Å²) in [7, 11) is 0. The first-order valence-corrected chi connectivity index (χ1v) is 4.05. The molecular formula is C8H11NO3. The lowest BCUT2D eigenvalue weighted by molar-refractivity contribution is -0.133. The molecular weight excluding hydrogens is 158 g/mol. The van der Waals surface area contributed by atoms with Gasteiger partial charge in [-0.1, -0.05) is 0 Å². The van der Waals surface area contributed by atoms with Crippen LogP contribution in [0.4, 0.5) is 0 Å². The van der Waals surface area contributed by atoms with Gasteiger partial charge in [0.1, 0.15) is 0 Å². The number of hydrogen-bond donors (Lipinski definition) is 0. The highest BCUT2D eigenvalue weighted by Crippen LogP contribution is 2.12. The Morgan fingerprint density at radius 1 is 1.42 bits per heavy atom. The van der Waals surface area contributed by atoms with Crippen LogP contribution in [-0.2, 0) is 14.3 Å². The van der Waals surface area contributed by atoms with Gasteiger partial charge in [0.25, 0.3) is 0 Å². The molecule has 2 aliphatic heterocycles. The van der Waals surface area contributed by atoms with E-state index < -0.39 is 0 Å². The van der Waals surface area contributed by atoms with E-state index in [9.17, 15) is 4.79 Å². The van der Waals surface area contributed by atoms with Gasteiger partial charge in [0.15, 0.2) is 0 Å². The highest BCUT2D eigenvalue weighted by molar-refractivity contribution is 5.94. The minimum Gasteiger partial charge on any atom is -0.475 e. The van der Waals surface area contributed by atoms with Crippen LogP contribution in [0.15, 0.2) is 12.3 Å². The fourth-order valence-electron chi connectivity index (χ4n) is 1.41. The molecule has 2 heterocycles. The Bertz CT molecular complexity index is 208. The molecule has 0 saturated carbocycles. The van der Waals surface area contributed by atoms with Crippen molar-refractivity contribution in [2.24, 2.45) is 0 Å². The van der Waals surface area contributed by atoms with Crippen LogP contribution >= 0.6 is 0 Å². The predicted molar refractivity (Wildman–Crippen MR) is 41.4 cm³/mol. The normalized spacial score (nSPS) is 30.7. The van der Waals surface area contributed by atoms with E-state index in [1.54, 1.807) is 0 Å². The van der Waals surface area contributed by atoms with Gasteiger partial charge in [-0.25, -0.2) is 0 Å². The van der Waals surface area contributed by atoms with Gasteiger partial charge in [0.05, 0.1) is 19.5 Å². The van der Waals surface area contributed by atoms with Gasteiger partial charge in [0.2, 0.25) is 12.0 Å². The van der Waals surface area contributed by atoms with Crippen LogP contribution in [0.3, 0.4) is 0 Å². The third kappa shape index (κ3) is 1.35. The molecule has 66 valence electrons. The van der Waals surface area contributed by atoms with Crippen molar-refractivity contribution < 1.29 is 14.3 Å². The van der Waals surface area contributed by atoms with Crippen molar-refractivity contribution in [1.29, 1.82) is 0 Å². The second-order valence-corrected chi connectivity index (χ2v) is 2.84. The minimum atomic E-state index is -0.381. The summed E-state index contributed by atoms with van der Waals surface area (Å²) in [6.45, 7) is 2.93. The summed E-state index contributed by atoms with van der Waals surface area (Å²) in [6, 6.07) is 0. The lowest BCUT2D eigenvalue weighted by Gasteiger charge is -2.29. The first kappa shape index (κ1) is 7.76. The summed E-state index contributed by atoms with van der Waals surface area (Å²) < 4.78 is 10.3. The third-order valence-electron chi connectivity index (χ3n) is 2.06. The first-order valence-electron chi connectivity index (χ1n) is 4.05. The van der Waals surface area contributed by atoms with E-state index in [4.69, 9.17) is 9.47 Å². The molecule has 0 aliphatic carbocycles. The summed E-state index contributed by atoms with van der Waals surface area (Å²) in [4.78, 5) is 13.2. The van der Waals surface area contributed by atoms with Crippen LogP contribution in [0.2, 0.25) is 0 Å². The van der Waals surface area contributed by atoms with Crippen molar-refractivity contribution in [3.63, 3.8) is 0 Å². The molecule has 0 aromatic carbocycles. The van der Waals surface area contributed by atoms with Crippen molar-refractivity contribution >= 4 is 5.78 Å². The highest BCUT2D eigenvalue weighted by Gasteiger charge is 2.29. The molecule has 12 heavy (non-hydrogen) atoms. The second kappa shape index (κ2) is 3.25. The van der Waals surface area contributed by atoms with Crippen LogP contribution in [0.1, 0.15) is 0 Å². The number of ketones is 1. The largest absolute Gasteiger partial charge is 0.475 e. The number of carbonyl (C=O) groups excluding carboxylic acids is 1. The molecule has 0 aromatic heterocycles. The smallest absolute Gasteiger partial charge is 0.215 e. The van der Waals surface area contributed by atoms with Gasteiger partial charge >= 0.3 is 0 Å². The van der Waals surface area contributed by atoms with E-state index in [1.807, 2.05) is 4.90 Å². The second-order valence-electron chi connectivity index (χ2n) is 2.84. The number of ether oxygens (including phenoxy) is 2. The van der Waals surface area contributed by atoms with Crippen molar-refractivity contribution in [3.8, 4) is 0 Å². The molecule has 2 aliphatic rings. The van der Waals surface area contributed by atoms with E-state index in [-0.39, 0.29) is 12.0 Å². The van der Waals surface area contributed by atoms with Crippen LogP contribution in [0.25, 0.3) is 0 Å². The summed E-state index contributed by atoms with van der Waals surface area (Å²) >= 11 is 0. The van der Waals surface area contributed by atoms with E-state index in [0.29, 0.717) is 13.2 Å². The Morgan fingerprint density at radius 2 is 2.17 bits per heavy atom. The molecule has 1 atom stereocenters. The summed E-state index contributed by atoms with van der Waals surface area (Å²) in [5.74, 6) is 0.0388. The quantitative estimate of drug-likeness (QED) is 0.543. The number of morpholine rings is 1. The van der Waals surface area contributed by atoms with Crippen LogP contribution in [0.5, 0.6) is 0 Å². The van der Waals surface area contributed by atoms with Gasteiger partial charge in [0, 0.05) is 19.2 Å². The molecule has 1 unspecified atom stereocenters. The van der Waals surface area contributed by atoms with Gasteiger partial charge < -0.3 is 9.47 Å². The van der Waals surface area contributed by atoms with E-state index in [0.717, 1.165) is 13.1 Å². The molecule has 0 amide bonds.